The zero-order chi connectivity index (χ0) is 13.1. The highest BCUT2D eigenvalue weighted by Gasteiger charge is 2.14. The minimum absolute atomic E-state index is 0.558. The molecule has 2 aromatic heterocycles. The van der Waals surface area contributed by atoms with Gasteiger partial charge in [-0.25, -0.2) is 9.97 Å². The molecule has 0 atom stereocenters. The Morgan fingerprint density at radius 1 is 1.39 bits per heavy atom. The predicted octanol–water partition coefficient (Wildman–Crippen LogP) is 3.58. The fourth-order valence-corrected chi connectivity index (χ4v) is 2.43. The summed E-state index contributed by atoms with van der Waals surface area (Å²) in [6.07, 6.45) is 2.57. The number of nitrogens with one attached hydrogen (secondary N) is 1. The van der Waals surface area contributed by atoms with E-state index < -0.39 is 0 Å². The van der Waals surface area contributed by atoms with Gasteiger partial charge < -0.3 is 9.73 Å². The van der Waals surface area contributed by atoms with Crippen molar-refractivity contribution in [1.29, 1.82) is 0 Å². The van der Waals surface area contributed by atoms with Crippen molar-refractivity contribution in [3.8, 4) is 11.6 Å². The highest BCUT2D eigenvalue weighted by atomic mass is 127. The van der Waals surface area contributed by atoms with Gasteiger partial charge in [0.2, 0.25) is 0 Å². The van der Waals surface area contributed by atoms with E-state index >= 15 is 0 Å². The number of aromatic nitrogens is 2. The first kappa shape index (κ1) is 13.3. The molecule has 0 spiro atoms. The molecular weight excluding hydrogens is 341 g/mol. The van der Waals surface area contributed by atoms with Crippen molar-refractivity contribution in [3.63, 3.8) is 0 Å². The summed E-state index contributed by atoms with van der Waals surface area (Å²) >= 11 is 2.29. The minimum atomic E-state index is 0.558. The van der Waals surface area contributed by atoms with Crippen molar-refractivity contribution in [2.24, 2.45) is 5.92 Å². The Hall–Kier alpha value is -1.11. The van der Waals surface area contributed by atoms with E-state index in [0.29, 0.717) is 17.5 Å². The SMILES string of the molecule is CNc1nc(-c2ccco2)nc(CC(C)C)c1I. The van der Waals surface area contributed by atoms with E-state index in [0.717, 1.165) is 21.5 Å². The molecule has 0 amide bonds. The summed E-state index contributed by atoms with van der Waals surface area (Å²) in [4.78, 5) is 9.09. The van der Waals surface area contributed by atoms with Crippen LogP contribution in [-0.4, -0.2) is 17.0 Å². The predicted molar refractivity (Wildman–Crippen MR) is 80.5 cm³/mol. The van der Waals surface area contributed by atoms with E-state index in [4.69, 9.17) is 4.42 Å². The van der Waals surface area contributed by atoms with Gasteiger partial charge in [-0.15, -0.1) is 0 Å². The Balaban J connectivity index is 2.49. The standard InChI is InChI=1S/C13H16IN3O/c1-8(2)7-9-11(14)13(15-3)17-12(16-9)10-5-4-6-18-10/h4-6,8H,7H2,1-3H3,(H,15,16,17). The molecule has 0 aromatic carbocycles. The second kappa shape index (κ2) is 5.69. The summed E-state index contributed by atoms with van der Waals surface area (Å²) in [6, 6.07) is 3.72. The quantitative estimate of drug-likeness (QED) is 0.850. The third kappa shape index (κ3) is 2.82. The van der Waals surface area contributed by atoms with Crippen LogP contribution in [0.25, 0.3) is 11.6 Å². The van der Waals surface area contributed by atoms with E-state index in [1.165, 1.54) is 0 Å². The largest absolute Gasteiger partial charge is 0.461 e. The molecule has 1 N–H and O–H groups in total. The molecule has 0 aliphatic carbocycles. The maximum absolute atomic E-state index is 5.36. The molecular formula is C13H16IN3O. The highest BCUT2D eigenvalue weighted by Crippen LogP contribution is 2.25. The van der Waals surface area contributed by atoms with Crippen molar-refractivity contribution >= 4 is 28.4 Å². The summed E-state index contributed by atoms with van der Waals surface area (Å²) in [5.74, 6) is 2.75. The first-order valence-corrected chi connectivity index (χ1v) is 6.97. The molecule has 2 heterocycles. The molecule has 0 radical (unpaired) electrons. The van der Waals surface area contributed by atoms with E-state index in [2.05, 4.69) is 51.7 Å². The third-order valence-corrected chi connectivity index (χ3v) is 3.63. The van der Waals surface area contributed by atoms with Gasteiger partial charge in [0.25, 0.3) is 0 Å². The highest BCUT2D eigenvalue weighted by molar-refractivity contribution is 14.1. The van der Waals surface area contributed by atoms with E-state index in [1.807, 2.05) is 19.2 Å². The number of nitrogens with zero attached hydrogens (tertiary/aromatic N) is 2. The van der Waals surface area contributed by atoms with E-state index in [9.17, 15) is 0 Å². The van der Waals surface area contributed by atoms with Crippen molar-refractivity contribution in [2.45, 2.75) is 20.3 Å². The van der Waals surface area contributed by atoms with Crippen LogP contribution in [0.15, 0.2) is 22.8 Å². The molecule has 2 aromatic rings. The van der Waals surface area contributed by atoms with Crippen LogP contribution >= 0.6 is 22.6 Å². The molecule has 0 aliphatic heterocycles. The van der Waals surface area contributed by atoms with Crippen molar-refractivity contribution in [2.75, 3.05) is 12.4 Å². The molecule has 0 fully saturated rings. The minimum Gasteiger partial charge on any atom is -0.461 e. The Morgan fingerprint density at radius 2 is 2.17 bits per heavy atom. The molecule has 96 valence electrons. The molecule has 0 bridgehead atoms. The number of anilines is 1. The van der Waals surface area contributed by atoms with Crippen LogP contribution in [0.2, 0.25) is 0 Å². The average Bonchev–Trinajstić information content (AvgIpc) is 2.84. The van der Waals surface area contributed by atoms with Crippen LogP contribution in [-0.2, 0) is 6.42 Å². The molecule has 18 heavy (non-hydrogen) atoms. The van der Waals surface area contributed by atoms with Gasteiger partial charge in [0, 0.05) is 7.05 Å². The zero-order valence-corrected chi connectivity index (χ0v) is 12.9. The smallest absolute Gasteiger partial charge is 0.197 e. The fraction of sp³-hybridized carbons (Fsp3) is 0.385. The van der Waals surface area contributed by atoms with Gasteiger partial charge in [0.15, 0.2) is 11.6 Å². The lowest BCUT2D eigenvalue weighted by atomic mass is 10.1. The average molecular weight is 357 g/mol. The number of furan rings is 1. The topological polar surface area (TPSA) is 51.0 Å². The first-order valence-electron chi connectivity index (χ1n) is 5.90. The second-order valence-electron chi connectivity index (χ2n) is 4.48. The maximum atomic E-state index is 5.36. The molecule has 0 saturated carbocycles. The molecule has 0 aliphatic rings. The van der Waals surface area contributed by atoms with Crippen LogP contribution in [0.1, 0.15) is 19.5 Å². The molecule has 5 heteroatoms. The molecule has 4 nitrogen and oxygen atoms in total. The summed E-state index contributed by atoms with van der Waals surface area (Å²) < 4.78 is 6.45. The van der Waals surface area contributed by atoms with Gasteiger partial charge in [-0.1, -0.05) is 13.8 Å². The number of rotatable bonds is 4. The summed E-state index contributed by atoms with van der Waals surface area (Å²) in [5.41, 5.74) is 1.07. The van der Waals surface area contributed by atoms with Gasteiger partial charge in [-0.2, -0.15) is 0 Å². The molecule has 2 rings (SSSR count). The maximum Gasteiger partial charge on any atom is 0.197 e. The van der Waals surface area contributed by atoms with Crippen LogP contribution in [0.4, 0.5) is 5.82 Å². The summed E-state index contributed by atoms with van der Waals surface area (Å²) in [7, 11) is 1.87. The Labute approximate surface area is 120 Å². The summed E-state index contributed by atoms with van der Waals surface area (Å²) in [6.45, 7) is 4.37. The zero-order valence-electron chi connectivity index (χ0n) is 10.7. The molecule has 0 unspecified atom stereocenters. The van der Waals surface area contributed by atoms with Crippen molar-refractivity contribution in [1.82, 2.24) is 9.97 Å². The normalized spacial score (nSPS) is 10.9. The summed E-state index contributed by atoms with van der Waals surface area (Å²) in [5, 5.41) is 3.11. The number of hydrogen-bond acceptors (Lipinski definition) is 4. The van der Waals surface area contributed by atoms with E-state index in [1.54, 1.807) is 6.26 Å². The van der Waals surface area contributed by atoms with Crippen LogP contribution in [0.3, 0.4) is 0 Å². The van der Waals surface area contributed by atoms with Crippen LogP contribution in [0.5, 0.6) is 0 Å². The number of hydrogen-bond donors (Lipinski definition) is 1. The fourth-order valence-electron chi connectivity index (χ4n) is 1.70. The van der Waals surface area contributed by atoms with Gasteiger partial charge in [-0.3, -0.25) is 0 Å². The van der Waals surface area contributed by atoms with Gasteiger partial charge >= 0.3 is 0 Å². The van der Waals surface area contributed by atoms with Gasteiger partial charge in [0.05, 0.1) is 15.5 Å². The Bertz CT molecular complexity index is 523. The van der Waals surface area contributed by atoms with Gasteiger partial charge in [-0.05, 0) is 47.1 Å². The second-order valence-corrected chi connectivity index (χ2v) is 5.56. The lowest BCUT2D eigenvalue weighted by molar-refractivity contribution is 0.575. The van der Waals surface area contributed by atoms with Gasteiger partial charge in [0.1, 0.15) is 5.82 Å². The molecule has 0 saturated heterocycles. The van der Waals surface area contributed by atoms with Crippen molar-refractivity contribution in [3.05, 3.63) is 27.7 Å². The number of halogens is 1. The lowest BCUT2D eigenvalue weighted by Crippen LogP contribution is -2.07. The Kier molecular flexibility index (Phi) is 4.21. The Morgan fingerprint density at radius 3 is 2.72 bits per heavy atom. The first-order chi connectivity index (χ1) is 8.61. The monoisotopic (exact) mass is 357 g/mol. The third-order valence-electron chi connectivity index (χ3n) is 2.50. The van der Waals surface area contributed by atoms with Crippen LogP contribution in [0, 0.1) is 9.49 Å². The van der Waals surface area contributed by atoms with Crippen LogP contribution < -0.4 is 5.32 Å². The van der Waals surface area contributed by atoms with Crippen molar-refractivity contribution < 1.29 is 4.42 Å². The lowest BCUT2D eigenvalue weighted by Gasteiger charge is -2.11. The van der Waals surface area contributed by atoms with E-state index in [-0.39, 0.29) is 0 Å².